The summed E-state index contributed by atoms with van der Waals surface area (Å²) in [5.74, 6) is 2.04. The van der Waals surface area contributed by atoms with Crippen molar-refractivity contribution in [1.29, 1.82) is 0 Å². The van der Waals surface area contributed by atoms with Gasteiger partial charge < -0.3 is 10.6 Å². The SMILES string of the molecule is Cc1ccc2c(c1)[C@@H]1[C@@H](CN2)[C@@H]2C[C@H]1c1cc(C)ccc1N2. The van der Waals surface area contributed by atoms with Gasteiger partial charge in [-0.1, -0.05) is 35.4 Å². The van der Waals surface area contributed by atoms with Gasteiger partial charge in [-0.25, -0.2) is 0 Å². The van der Waals surface area contributed by atoms with Crippen LogP contribution in [0.4, 0.5) is 11.4 Å². The largest absolute Gasteiger partial charge is 0.384 e. The molecular weight excluding hydrogens is 268 g/mol. The molecule has 2 N–H and O–H groups in total. The molecular formula is C20H22N2. The molecule has 22 heavy (non-hydrogen) atoms. The second-order valence-electron chi connectivity index (χ2n) is 7.34. The van der Waals surface area contributed by atoms with Crippen LogP contribution < -0.4 is 10.6 Å². The van der Waals surface area contributed by atoms with Crippen LogP contribution in [0.3, 0.4) is 0 Å². The highest BCUT2D eigenvalue weighted by atomic mass is 15.0. The molecule has 1 saturated carbocycles. The Morgan fingerprint density at radius 2 is 1.64 bits per heavy atom. The van der Waals surface area contributed by atoms with Crippen LogP contribution in [0.1, 0.15) is 40.5 Å². The Labute approximate surface area is 131 Å². The summed E-state index contributed by atoms with van der Waals surface area (Å²) >= 11 is 0. The van der Waals surface area contributed by atoms with Crippen LogP contribution >= 0.6 is 0 Å². The van der Waals surface area contributed by atoms with Gasteiger partial charge in [-0.15, -0.1) is 0 Å². The first-order valence-corrected chi connectivity index (χ1v) is 8.42. The van der Waals surface area contributed by atoms with Crippen molar-refractivity contribution in [3.63, 3.8) is 0 Å². The van der Waals surface area contributed by atoms with Gasteiger partial charge in [-0.3, -0.25) is 0 Å². The molecule has 2 nitrogen and oxygen atoms in total. The highest BCUT2D eigenvalue weighted by molar-refractivity contribution is 5.64. The molecule has 2 heterocycles. The van der Waals surface area contributed by atoms with E-state index in [4.69, 9.17) is 0 Å². The number of rotatable bonds is 0. The maximum Gasteiger partial charge on any atom is 0.0378 e. The van der Waals surface area contributed by atoms with E-state index in [2.05, 4.69) is 60.9 Å². The van der Waals surface area contributed by atoms with Gasteiger partial charge in [0, 0.05) is 29.9 Å². The predicted octanol–water partition coefficient (Wildman–Crippen LogP) is 4.41. The summed E-state index contributed by atoms with van der Waals surface area (Å²) < 4.78 is 0. The molecule has 1 aliphatic carbocycles. The van der Waals surface area contributed by atoms with Crippen molar-refractivity contribution in [1.82, 2.24) is 0 Å². The molecule has 3 aliphatic rings. The van der Waals surface area contributed by atoms with Gasteiger partial charge in [-0.05, 0) is 55.4 Å². The van der Waals surface area contributed by atoms with Gasteiger partial charge in [0.2, 0.25) is 0 Å². The normalized spacial score (nSPS) is 30.6. The van der Waals surface area contributed by atoms with Crippen LogP contribution in [0, 0.1) is 19.8 Å². The van der Waals surface area contributed by atoms with Crippen molar-refractivity contribution in [3.8, 4) is 0 Å². The average molecular weight is 290 g/mol. The molecule has 0 amide bonds. The molecule has 5 rings (SSSR count). The molecule has 2 aromatic rings. The van der Waals surface area contributed by atoms with Crippen LogP contribution in [0.5, 0.6) is 0 Å². The molecule has 2 heteroatoms. The highest BCUT2D eigenvalue weighted by Crippen LogP contribution is 2.57. The monoisotopic (exact) mass is 290 g/mol. The molecule has 0 radical (unpaired) electrons. The van der Waals surface area contributed by atoms with E-state index < -0.39 is 0 Å². The Bertz CT molecular complexity index is 764. The van der Waals surface area contributed by atoms with E-state index in [0.29, 0.717) is 23.8 Å². The molecule has 0 saturated heterocycles. The summed E-state index contributed by atoms with van der Waals surface area (Å²) in [6.45, 7) is 5.52. The zero-order chi connectivity index (χ0) is 14.8. The average Bonchev–Trinajstić information content (AvgIpc) is 2.82. The minimum Gasteiger partial charge on any atom is -0.384 e. The third kappa shape index (κ3) is 1.61. The number of hydrogen-bond donors (Lipinski definition) is 2. The molecule has 2 bridgehead atoms. The molecule has 1 fully saturated rings. The van der Waals surface area contributed by atoms with Gasteiger partial charge in [0.25, 0.3) is 0 Å². The van der Waals surface area contributed by atoms with Crippen molar-refractivity contribution in [2.24, 2.45) is 5.92 Å². The van der Waals surface area contributed by atoms with E-state index in [-0.39, 0.29) is 0 Å². The van der Waals surface area contributed by atoms with E-state index >= 15 is 0 Å². The minimum atomic E-state index is 0.617. The Morgan fingerprint density at radius 3 is 2.45 bits per heavy atom. The quantitative estimate of drug-likeness (QED) is 0.751. The summed E-state index contributed by atoms with van der Waals surface area (Å²) in [4.78, 5) is 0. The smallest absolute Gasteiger partial charge is 0.0378 e. The van der Waals surface area contributed by atoms with E-state index in [0.717, 1.165) is 6.54 Å². The second-order valence-corrected chi connectivity index (χ2v) is 7.34. The minimum absolute atomic E-state index is 0.617. The number of hydrogen-bond acceptors (Lipinski definition) is 2. The molecule has 2 aliphatic heterocycles. The maximum atomic E-state index is 3.82. The van der Waals surface area contributed by atoms with Gasteiger partial charge in [0.1, 0.15) is 0 Å². The summed E-state index contributed by atoms with van der Waals surface area (Å²) in [7, 11) is 0. The van der Waals surface area contributed by atoms with Crippen molar-refractivity contribution in [2.45, 2.75) is 38.1 Å². The van der Waals surface area contributed by atoms with Gasteiger partial charge in [0.15, 0.2) is 0 Å². The molecule has 0 aromatic heterocycles. The van der Waals surface area contributed by atoms with Crippen molar-refractivity contribution >= 4 is 11.4 Å². The van der Waals surface area contributed by atoms with Gasteiger partial charge in [-0.2, -0.15) is 0 Å². The van der Waals surface area contributed by atoms with E-state index in [1.807, 2.05) is 0 Å². The molecule has 0 spiro atoms. The fraction of sp³-hybridized carbons (Fsp3) is 0.400. The Balaban J connectivity index is 1.69. The van der Waals surface area contributed by atoms with Crippen LogP contribution in [-0.4, -0.2) is 12.6 Å². The molecule has 112 valence electrons. The lowest BCUT2D eigenvalue weighted by Crippen LogP contribution is -2.34. The number of anilines is 2. The maximum absolute atomic E-state index is 3.82. The Hall–Kier alpha value is -1.96. The van der Waals surface area contributed by atoms with E-state index in [1.54, 1.807) is 5.56 Å². The number of nitrogens with one attached hydrogen (secondary N) is 2. The summed E-state index contributed by atoms with van der Waals surface area (Å²) in [6, 6.07) is 14.4. The second kappa shape index (κ2) is 4.28. The summed E-state index contributed by atoms with van der Waals surface area (Å²) in [5.41, 5.74) is 8.56. The van der Waals surface area contributed by atoms with Crippen LogP contribution in [0.25, 0.3) is 0 Å². The first-order valence-electron chi connectivity index (χ1n) is 8.42. The van der Waals surface area contributed by atoms with Crippen molar-refractivity contribution in [3.05, 3.63) is 58.7 Å². The highest BCUT2D eigenvalue weighted by Gasteiger charge is 2.50. The van der Waals surface area contributed by atoms with Crippen molar-refractivity contribution in [2.75, 3.05) is 17.2 Å². The fourth-order valence-corrected chi connectivity index (χ4v) is 5.01. The zero-order valence-corrected chi connectivity index (χ0v) is 13.2. The predicted molar refractivity (Wildman–Crippen MR) is 91.8 cm³/mol. The molecule has 0 unspecified atom stereocenters. The Kier molecular flexibility index (Phi) is 2.45. The van der Waals surface area contributed by atoms with E-state index in [9.17, 15) is 0 Å². The molecule has 2 aromatic carbocycles. The van der Waals surface area contributed by atoms with Crippen molar-refractivity contribution < 1.29 is 0 Å². The number of aryl methyl sites for hydroxylation is 2. The third-order valence-corrected chi connectivity index (χ3v) is 5.96. The summed E-state index contributed by atoms with van der Waals surface area (Å²) in [6.07, 6.45) is 1.28. The topological polar surface area (TPSA) is 24.1 Å². The summed E-state index contributed by atoms with van der Waals surface area (Å²) in [5, 5.41) is 7.49. The lowest BCUT2D eigenvalue weighted by molar-refractivity contribution is 0.459. The lowest BCUT2D eigenvalue weighted by atomic mass is 9.77. The van der Waals surface area contributed by atoms with E-state index in [1.165, 1.54) is 34.5 Å². The zero-order valence-electron chi connectivity index (χ0n) is 13.2. The molecule has 4 atom stereocenters. The Morgan fingerprint density at radius 1 is 0.909 bits per heavy atom. The van der Waals surface area contributed by atoms with Crippen LogP contribution in [-0.2, 0) is 0 Å². The first kappa shape index (κ1) is 12.6. The lowest BCUT2D eigenvalue weighted by Gasteiger charge is -2.33. The van der Waals surface area contributed by atoms with Crippen LogP contribution in [0.15, 0.2) is 36.4 Å². The standard InChI is InChI=1S/C20H22N2/c1-11-4-6-18-13(7-11)14-9-19(22-18)16-10-21-17-5-3-12(2)8-15(17)20(14)16/h3-8,14,16,19-22H,9-10H2,1-2H3/t14-,16-,19-,20+/m0/s1. The van der Waals surface area contributed by atoms with Gasteiger partial charge >= 0.3 is 0 Å². The fourth-order valence-electron chi connectivity index (χ4n) is 5.01. The third-order valence-electron chi connectivity index (χ3n) is 5.96. The number of fused-ring (bicyclic) bond motifs is 9. The number of benzene rings is 2. The van der Waals surface area contributed by atoms with Crippen LogP contribution in [0.2, 0.25) is 0 Å². The van der Waals surface area contributed by atoms with Gasteiger partial charge in [0.05, 0.1) is 0 Å². The first-order chi connectivity index (χ1) is 10.7.